The van der Waals surface area contributed by atoms with Gasteiger partial charge in [-0.3, -0.25) is 9.59 Å². The fourth-order valence-electron chi connectivity index (χ4n) is 1.45. The van der Waals surface area contributed by atoms with Crippen LogP contribution < -0.4 is 10.6 Å². The molecule has 0 aliphatic rings. The van der Waals surface area contributed by atoms with Crippen molar-refractivity contribution >= 4 is 29.1 Å². The maximum absolute atomic E-state index is 12.7. The summed E-state index contributed by atoms with van der Waals surface area (Å²) in [4.78, 5) is 23.2. The number of halogens is 4. The molecule has 22 heavy (non-hydrogen) atoms. The zero-order valence-corrected chi connectivity index (χ0v) is 13.0. The minimum atomic E-state index is -4.61. The Bertz CT molecular complexity index is 580. The molecule has 0 heterocycles. The molecule has 0 radical (unpaired) electrons. The Hall–Kier alpha value is -1.76. The molecule has 0 aliphatic carbocycles. The van der Waals surface area contributed by atoms with Crippen LogP contribution in [0.2, 0.25) is 5.02 Å². The van der Waals surface area contributed by atoms with Crippen molar-refractivity contribution < 1.29 is 22.8 Å². The molecule has 0 spiro atoms. The molecule has 0 aromatic heterocycles. The second-order valence-electron chi connectivity index (χ2n) is 5.67. The summed E-state index contributed by atoms with van der Waals surface area (Å²) < 4.78 is 38.1. The zero-order chi connectivity index (χ0) is 17.1. The number of carbonyl (C=O) groups is 2. The van der Waals surface area contributed by atoms with Gasteiger partial charge in [0.05, 0.1) is 17.1 Å². The van der Waals surface area contributed by atoms with Crippen LogP contribution in [0.15, 0.2) is 18.2 Å². The molecule has 4 nitrogen and oxygen atoms in total. The molecule has 0 saturated heterocycles. The van der Waals surface area contributed by atoms with E-state index in [1.54, 1.807) is 20.8 Å². The third-order valence-electron chi connectivity index (χ3n) is 2.65. The van der Waals surface area contributed by atoms with Crippen molar-refractivity contribution in [1.29, 1.82) is 0 Å². The van der Waals surface area contributed by atoms with E-state index in [0.717, 1.165) is 12.1 Å². The first kappa shape index (κ1) is 18.3. The van der Waals surface area contributed by atoms with Crippen molar-refractivity contribution in [2.75, 3.05) is 11.9 Å². The Labute approximate surface area is 131 Å². The lowest BCUT2D eigenvalue weighted by Crippen LogP contribution is -2.39. The maximum atomic E-state index is 12.7. The number of alkyl halides is 3. The van der Waals surface area contributed by atoms with Gasteiger partial charge >= 0.3 is 6.18 Å². The summed E-state index contributed by atoms with van der Waals surface area (Å²) in [7, 11) is 0. The molecule has 2 N–H and O–H groups in total. The Kier molecular flexibility index (Phi) is 5.45. The Morgan fingerprint density at radius 3 is 2.27 bits per heavy atom. The largest absolute Gasteiger partial charge is 0.417 e. The molecule has 122 valence electrons. The summed E-state index contributed by atoms with van der Waals surface area (Å²) >= 11 is 5.48. The highest BCUT2D eigenvalue weighted by molar-refractivity contribution is 6.31. The predicted molar refractivity (Wildman–Crippen MR) is 77.5 cm³/mol. The van der Waals surface area contributed by atoms with E-state index in [1.807, 2.05) is 0 Å². The van der Waals surface area contributed by atoms with E-state index in [4.69, 9.17) is 11.6 Å². The van der Waals surface area contributed by atoms with Crippen molar-refractivity contribution in [2.45, 2.75) is 26.9 Å². The molecular weight excluding hydrogens is 321 g/mol. The van der Waals surface area contributed by atoms with Gasteiger partial charge in [0.25, 0.3) is 0 Å². The van der Waals surface area contributed by atoms with Gasteiger partial charge in [0.15, 0.2) is 0 Å². The molecule has 2 amide bonds. The van der Waals surface area contributed by atoms with Crippen molar-refractivity contribution in [3.8, 4) is 0 Å². The summed E-state index contributed by atoms with van der Waals surface area (Å²) in [6.07, 6.45) is -4.61. The van der Waals surface area contributed by atoms with E-state index in [-0.39, 0.29) is 18.1 Å². The molecule has 0 fully saturated rings. The average molecular weight is 337 g/mol. The molecular formula is C14H16ClF3N2O2. The molecule has 0 aliphatic heterocycles. The highest BCUT2D eigenvalue weighted by atomic mass is 35.5. The number of hydrogen-bond acceptors (Lipinski definition) is 2. The zero-order valence-electron chi connectivity index (χ0n) is 12.3. The maximum Gasteiger partial charge on any atom is 0.417 e. The third kappa shape index (κ3) is 5.22. The second-order valence-corrected chi connectivity index (χ2v) is 6.08. The minimum Gasteiger partial charge on any atom is -0.347 e. The highest BCUT2D eigenvalue weighted by Gasteiger charge is 2.33. The van der Waals surface area contributed by atoms with Crippen molar-refractivity contribution in [1.82, 2.24) is 5.32 Å². The summed E-state index contributed by atoms with van der Waals surface area (Å²) in [6, 6.07) is 3.04. The molecule has 0 atom stereocenters. The van der Waals surface area contributed by atoms with E-state index in [0.29, 0.717) is 0 Å². The smallest absolute Gasteiger partial charge is 0.347 e. The monoisotopic (exact) mass is 336 g/mol. The van der Waals surface area contributed by atoms with Crippen LogP contribution in [0.4, 0.5) is 18.9 Å². The number of carbonyl (C=O) groups excluding carboxylic acids is 2. The van der Waals surface area contributed by atoms with Gasteiger partial charge in [-0.1, -0.05) is 32.4 Å². The Balaban J connectivity index is 2.72. The van der Waals surface area contributed by atoms with Crippen LogP contribution in [0.1, 0.15) is 26.3 Å². The average Bonchev–Trinajstić information content (AvgIpc) is 2.35. The number of rotatable bonds is 3. The van der Waals surface area contributed by atoms with Crippen LogP contribution in [-0.2, 0) is 15.8 Å². The van der Waals surface area contributed by atoms with Crippen LogP contribution in [0.3, 0.4) is 0 Å². The van der Waals surface area contributed by atoms with Gasteiger partial charge in [0, 0.05) is 11.1 Å². The predicted octanol–water partition coefficient (Wildman–Crippen LogP) is 3.46. The van der Waals surface area contributed by atoms with Gasteiger partial charge in [-0.15, -0.1) is 0 Å². The van der Waals surface area contributed by atoms with Crippen LogP contribution in [0.5, 0.6) is 0 Å². The van der Waals surface area contributed by atoms with Gasteiger partial charge in [-0.2, -0.15) is 13.2 Å². The van der Waals surface area contributed by atoms with Gasteiger partial charge in [0.2, 0.25) is 11.8 Å². The lowest BCUT2D eigenvalue weighted by Gasteiger charge is -2.17. The number of amides is 2. The minimum absolute atomic E-state index is 0.0493. The van der Waals surface area contributed by atoms with Crippen LogP contribution in [0, 0.1) is 5.41 Å². The first-order chi connectivity index (χ1) is 9.91. The lowest BCUT2D eigenvalue weighted by atomic mass is 9.96. The number of benzene rings is 1. The van der Waals surface area contributed by atoms with Gasteiger partial charge < -0.3 is 10.6 Å². The molecule has 1 aromatic rings. The Morgan fingerprint density at radius 2 is 1.77 bits per heavy atom. The number of hydrogen-bond donors (Lipinski definition) is 2. The topological polar surface area (TPSA) is 58.2 Å². The van der Waals surface area contributed by atoms with Crippen LogP contribution >= 0.6 is 11.6 Å². The molecule has 1 rings (SSSR count). The lowest BCUT2D eigenvalue weighted by molar-refractivity contribution is -0.137. The van der Waals surface area contributed by atoms with E-state index in [9.17, 15) is 22.8 Å². The van der Waals surface area contributed by atoms with Crippen LogP contribution in [0.25, 0.3) is 0 Å². The molecule has 0 unspecified atom stereocenters. The second kappa shape index (κ2) is 6.56. The normalized spacial score (nSPS) is 12.0. The fourth-order valence-corrected chi connectivity index (χ4v) is 1.68. The number of anilines is 1. The highest BCUT2D eigenvalue weighted by Crippen LogP contribution is 2.36. The van der Waals surface area contributed by atoms with Crippen LogP contribution in [-0.4, -0.2) is 18.4 Å². The SMILES string of the molecule is CC(C)(C)C(=O)NCC(=O)Nc1ccc(Cl)c(C(F)(F)F)c1. The van der Waals surface area contributed by atoms with Crippen molar-refractivity contribution in [3.05, 3.63) is 28.8 Å². The van der Waals surface area contributed by atoms with Gasteiger partial charge in [-0.05, 0) is 18.2 Å². The summed E-state index contributed by atoms with van der Waals surface area (Å²) in [5.41, 5.74) is -1.75. The summed E-state index contributed by atoms with van der Waals surface area (Å²) in [5.74, 6) is -0.970. The number of nitrogens with one attached hydrogen (secondary N) is 2. The van der Waals surface area contributed by atoms with E-state index in [2.05, 4.69) is 10.6 Å². The molecule has 0 saturated carbocycles. The molecule has 8 heteroatoms. The first-order valence-electron chi connectivity index (χ1n) is 6.36. The van der Waals surface area contributed by atoms with Gasteiger partial charge in [0.1, 0.15) is 0 Å². The van der Waals surface area contributed by atoms with E-state index >= 15 is 0 Å². The van der Waals surface area contributed by atoms with Crippen molar-refractivity contribution in [3.63, 3.8) is 0 Å². The summed E-state index contributed by atoms with van der Waals surface area (Å²) in [5, 5.41) is 4.22. The van der Waals surface area contributed by atoms with E-state index < -0.39 is 28.1 Å². The van der Waals surface area contributed by atoms with Gasteiger partial charge in [-0.25, -0.2) is 0 Å². The first-order valence-corrected chi connectivity index (χ1v) is 6.74. The standard InChI is InChI=1S/C14H16ClF3N2O2/c1-13(2,3)12(22)19-7-11(21)20-8-4-5-10(15)9(6-8)14(16,17)18/h4-6H,7H2,1-3H3,(H,19,22)(H,20,21). The van der Waals surface area contributed by atoms with Crippen molar-refractivity contribution in [2.24, 2.45) is 5.41 Å². The molecule has 0 bridgehead atoms. The van der Waals surface area contributed by atoms with E-state index in [1.165, 1.54) is 6.07 Å². The third-order valence-corrected chi connectivity index (χ3v) is 2.98. The Morgan fingerprint density at radius 1 is 1.18 bits per heavy atom. The quantitative estimate of drug-likeness (QED) is 0.888. The molecule has 1 aromatic carbocycles. The fraction of sp³-hybridized carbons (Fsp3) is 0.429. The summed E-state index contributed by atoms with van der Waals surface area (Å²) in [6.45, 7) is 4.69.